The molecule has 0 saturated heterocycles. The molecule has 1 aromatic carbocycles. The molecule has 0 fully saturated rings. The maximum Gasteiger partial charge on any atom is 0.328 e. The van der Waals surface area contributed by atoms with Crippen molar-refractivity contribution in [1.29, 1.82) is 0 Å². The molecule has 0 unspecified atom stereocenters. The van der Waals surface area contributed by atoms with E-state index in [1.165, 1.54) is 29.0 Å². The van der Waals surface area contributed by atoms with Crippen LogP contribution >= 0.6 is 15.9 Å². The number of nitro groups is 1. The number of nitro benzene ring substituents is 1. The molecule has 0 amide bonds. The molecule has 2 rings (SSSR count). The van der Waals surface area contributed by atoms with E-state index < -0.39 is 16.2 Å². The highest BCUT2D eigenvalue weighted by Crippen LogP contribution is 2.22. The molecule has 1 heterocycles. The SMILES string of the molecule is NNc1ccc([N+](=O)[O-])cc1Cn1cc(Br)c(=O)[nH]c1=O. The fraction of sp³-hybridized carbons (Fsp3) is 0.0909. The molecule has 0 aliphatic rings. The summed E-state index contributed by atoms with van der Waals surface area (Å²) < 4.78 is 1.38. The van der Waals surface area contributed by atoms with Gasteiger partial charge in [-0.2, -0.15) is 0 Å². The number of non-ortho nitro benzene ring substituents is 1. The highest BCUT2D eigenvalue weighted by atomic mass is 79.9. The van der Waals surface area contributed by atoms with Crippen LogP contribution in [0.4, 0.5) is 11.4 Å². The van der Waals surface area contributed by atoms with Crippen LogP contribution in [0.15, 0.2) is 38.5 Å². The van der Waals surface area contributed by atoms with Gasteiger partial charge in [0.2, 0.25) is 0 Å². The van der Waals surface area contributed by atoms with Crippen LogP contribution in [0.5, 0.6) is 0 Å². The van der Waals surface area contributed by atoms with Crippen LogP contribution in [0.1, 0.15) is 5.56 Å². The Kier molecular flexibility index (Phi) is 4.19. The van der Waals surface area contributed by atoms with E-state index in [1.54, 1.807) is 0 Å². The maximum absolute atomic E-state index is 11.7. The fourth-order valence-corrected chi connectivity index (χ4v) is 2.10. The standard InChI is InChI=1S/C11H10BrN5O4/c12-8-5-16(11(19)14-10(8)18)4-6-3-7(17(20)21)1-2-9(6)15-13/h1-3,5,15H,4,13H2,(H,14,18,19). The average Bonchev–Trinajstić information content (AvgIpc) is 2.44. The van der Waals surface area contributed by atoms with Crippen molar-refractivity contribution in [2.24, 2.45) is 5.84 Å². The van der Waals surface area contributed by atoms with E-state index in [0.717, 1.165) is 0 Å². The lowest BCUT2D eigenvalue weighted by atomic mass is 10.1. The number of nitrogen functional groups attached to an aromatic ring is 1. The summed E-state index contributed by atoms with van der Waals surface area (Å²) in [4.78, 5) is 35.4. The predicted molar refractivity (Wildman–Crippen MR) is 79.0 cm³/mol. The molecule has 1 aromatic heterocycles. The van der Waals surface area contributed by atoms with Crippen molar-refractivity contribution in [2.75, 3.05) is 5.43 Å². The van der Waals surface area contributed by atoms with Gasteiger partial charge < -0.3 is 5.43 Å². The first kappa shape index (κ1) is 14.9. The second-order valence-corrected chi connectivity index (χ2v) is 4.96. The highest BCUT2D eigenvalue weighted by molar-refractivity contribution is 9.10. The Morgan fingerprint density at radius 1 is 1.43 bits per heavy atom. The van der Waals surface area contributed by atoms with Crippen LogP contribution < -0.4 is 22.5 Å². The van der Waals surface area contributed by atoms with Gasteiger partial charge in [-0.3, -0.25) is 30.3 Å². The first-order valence-corrected chi connectivity index (χ1v) is 6.45. The summed E-state index contributed by atoms with van der Waals surface area (Å²) >= 11 is 3.01. The molecule has 0 spiro atoms. The number of anilines is 1. The summed E-state index contributed by atoms with van der Waals surface area (Å²) in [6.45, 7) is 0.00935. The lowest BCUT2D eigenvalue weighted by molar-refractivity contribution is -0.384. The van der Waals surface area contributed by atoms with Gasteiger partial charge in [-0.1, -0.05) is 0 Å². The van der Waals surface area contributed by atoms with Gasteiger partial charge in [-0.25, -0.2) is 4.79 Å². The molecular weight excluding hydrogens is 346 g/mol. The van der Waals surface area contributed by atoms with Gasteiger partial charge in [-0.15, -0.1) is 0 Å². The molecule has 0 saturated carbocycles. The van der Waals surface area contributed by atoms with E-state index in [4.69, 9.17) is 5.84 Å². The van der Waals surface area contributed by atoms with Gasteiger partial charge in [-0.05, 0) is 22.0 Å². The minimum absolute atomic E-state index is 0.00935. The molecule has 9 nitrogen and oxygen atoms in total. The average molecular weight is 356 g/mol. The molecule has 0 bridgehead atoms. The minimum atomic E-state index is -0.627. The normalized spacial score (nSPS) is 10.4. The molecule has 0 radical (unpaired) electrons. The largest absolute Gasteiger partial charge is 0.328 e. The number of aromatic nitrogens is 2. The molecule has 0 atom stereocenters. The smallest absolute Gasteiger partial charge is 0.324 e. The van der Waals surface area contributed by atoms with Crippen molar-refractivity contribution in [1.82, 2.24) is 9.55 Å². The van der Waals surface area contributed by atoms with Crippen molar-refractivity contribution in [2.45, 2.75) is 6.54 Å². The van der Waals surface area contributed by atoms with E-state index >= 15 is 0 Å². The van der Waals surface area contributed by atoms with Crippen LogP contribution in [-0.4, -0.2) is 14.5 Å². The van der Waals surface area contributed by atoms with Crippen molar-refractivity contribution >= 4 is 27.3 Å². The summed E-state index contributed by atoms with van der Waals surface area (Å²) in [5.41, 5.74) is 1.98. The first-order chi connectivity index (χ1) is 9.92. The molecule has 10 heteroatoms. The summed E-state index contributed by atoms with van der Waals surface area (Å²) in [5, 5.41) is 10.8. The van der Waals surface area contributed by atoms with Gasteiger partial charge in [0.25, 0.3) is 11.2 Å². The van der Waals surface area contributed by atoms with E-state index in [0.29, 0.717) is 11.3 Å². The number of hydrogen-bond acceptors (Lipinski definition) is 6. The van der Waals surface area contributed by atoms with E-state index in [-0.39, 0.29) is 16.7 Å². The van der Waals surface area contributed by atoms with Crippen LogP contribution in [0.25, 0.3) is 0 Å². The summed E-state index contributed by atoms with van der Waals surface area (Å²) in [5.74, 6) is 5.35. The highest BCUT2D eigenvalue weighted by Gasteiger charge is 2.12. The summed E-state index contributed by atoms with van der Waals surface area (Å²) in [7, 11) is 0. The van der Waals surface area contributed by atoms with Gasteiger partial charge in [0.05, 0.1) is 21.6 Å². The number of nitrogens with two attached hydrogens (primary N) is 1. The third kappa shape index (κ3) is 3.17. The van der Waals surface area contributed by atoms with Crippen molar-refractivity contribution in [3.63, 3.8) is 0 Å². The van der Waals surface area contributed by atoms with E-state index in [9.17, 15) is 19.7 Å². The number of halogens is 1. The Morgan fingerprint density at radius 2 is 2.14 bits per heavy atom. The van der Waals surface area contributed by atoms with E-state index in [1.807, 2.05) is 0 Å². The van der Waals surface area contributed by atoms with Crippen LogP contribution in [0.3, 0.4) is 0 Å². The lowest BCUT2D eigenvalue weighted by Crippen LogP contribution is -2.30. The third-order valence-electron chi connectivity index (χ3n) is 2.76. The second kappa shape index (κ2) is 5.89. The number of H-pyrrole nitrogens is 1. The Labute approximate surface area is 125 Å². The maximum atomic E-state index is 11.7. The van der Waals surface area contributed by atoms with Crippen LogP contribution in [0, 0.1) is 10.1 Å². The van der Waals surface area contributed by atoms with Crippen molar-refractivity contribution < 1.29 is 4.92 Å². The number of hydrogen-bond donors (Lipinski definition) is 3. The van der Waals surface area contributed by atoms with Gasteiger partial charge in [0.1, 0.15) is 0 Å². The van der Waals surface area contributed by atoms with E-state index in [2.05, 4.69) is 26.3 Å². The van der Waals surface area contributed by atoms with Gasteiger partial charge in [0, 0.05) is 23.9 Å². The number of rotatable bonds is 4. The fourth-order valence-electron chi connectivity index (χ4n) is 1.75. The molecule has 2 aromatic rings. The summed E-state index contributed by atoms with van der Waals surface area (Å²) in [6.07, 6.45) is 1.31. The predicted octanol–water partition coefficient (Wildman–Crippen LogP) is 0.541. The van der Waals surface area contributed by atoms with Crippen molar-refractivity contribution in [3.8, 4) is 0 Å². The zero-order valence-electron chi connectivity index (χ0n) is 10.5. The van der Waals surface area contributed by atoms with Crippen LogP contribution in [0.2, 0.25) is 0 Å². The molecular formula is C11H10BrN5O4. The topological polar surface area (TPSA) is 136 Å². The number of nitrogens with zero attached hydrogens (tertiary/aromatic N) is 2. The Bertz CT molecular complexity index is 813. The zero-order valence-corrected chi connectivity index (χ0v) is 12.1. The molecule has 4 N–H and O–H groups in total. The lowest BCUT2D eigenvalue weighted by Gasteiger charge is -2.10. The Balaban J connectivity index is 2.50. The molecule has 0 aliphatic carbocycles. The second-order valence-electron chi connectivity index (χ2n) is 4.11. The molecule has 21 heavy (non-hydrogen) atoms. The summed E-state index contributed by atoms with van der Waals surface area (Å²) in [6, 6.07) is 4.05. The van der Waals surface area contributed by atoms with Crippen LogP contribution in [-0.2, 0) is 6.54 Å². The number of nitrogens with one attached hydrogen (secondary N) is 2. The third-order valence-corrected chi connectivity index (χ3v) is 3.33. The number of benzene rings is 1. The van der Waals surface area contributed by atoms with Crippen molar-refractivity contribution in [3.05, 3.63) is 65.4 Å². The molecule has 0 aliphatic heterocycles. The monoisotopic (exact) mass is 355 g/mol. The van der Waals surface area contributed by atoms with Gasteiger partial charge in [0.15, 0.2) is 0 Å². The first-order valence-electron chi connectivity index (χ1n) is 5.65. The number of hydrazine groups is 1. The molecule has 110 valence electrons. The zero-order chi connectivity index (χ0) is 15.6. The van der Waals surface area contributed by atoms with Gasteiger partial charge >= 0.3 is 5.69 Å². The Morgan fingerprint density at radius 3 is 2.76 bits per heavy atom. The Hall–Kier alpha value is -2.46. The quantitative estimate of drug-likeness (QED) is 0.416. The minimum Gasteiger partial charge on any atom is -0.324 e. The number of aromatic amines is 1.